The molecule has 22 heavy (non-hydrogen) atoms. The molecule has 0 saturated carbocycles. The van der Waals surface area contributed by atoms with Gasteiger partial charge in [0, 0.05) is 19.7 Å². The van der Waals surface area contributed by atoms with E-state index in [0.717, 1.165) is 0 Å². The fourth-order valence-electron chi connectivity index (χ4n) is 1.94. The van der Waals surface area contributed by atoms with E-state index in [9.17, 15) is 14.9 Å². The molecule has 1 heterocycles. The molecular weight excluding hydrogens is 322 g/mol. The standard InChI is InChI=1S/C14H13N3O3S2/c1-3-6-16-13(18)12(22-14(16)21)8-9-4-5-10(15-2)11(7-9)17(19)20/h3-5,7-8,15H,1,6H2,2H3/b12-8-. The van der Waals surface area contributed by atoms with Crippen LogP contribution in [-0.4, -0.2) is 33.6 Å². The van der Waals surface area contributed by atoms with Crippen LogP contribution >= 0.6 is 24.0 Å². The zero-order chi connectivity index (χ0) is 16.3. The van der Waals surface area contributed by atoms with Gasteiger partial charge < -0.3 is 5.32 Å². The Morgan fingerprint density at radius 1 is 1.55 bits per heavy atom. The van der Waals surface area contributed by atoms with E-state index >= 15 is 0 Å². The number of benzene rings is 1. The van der Waals surface area contributed by atoms with Gasteiger partial charge in [0.05, 0.1) is 9.83 Å². The molecule has 1 fully saturated rings. The average molecular weight is 335 g/mol. The lowest BCUT2D eigenvalue weighted by molar-refractivity contribution is -0.384. The van der Waals surface area contributed by atoms with Crippen molar-refractivity contribution < 1.29 is 9.72 Å². The van der Waals surface area contributed by atoms with Gasteiger partial charge in [0.1, 0.15) is 10.0 Å². The highest BCUT2D eigenvalue weighted by molar-refractivity contribution is 8.26. The molecule has 0 atom stereocenters. The van der Waals surface area contributed by atoms with E-state index in [1.165, 1.54) is 22.7 Å². The maximum atomic E-state index is 12.2. The van der Waals surface area contributed by atoms with E-state index in [2.05, 4.69) is 11.9 Å². The molecule has 1 N–H and O–H groups in total. The SMILES string of the molecule is C=CCN1C(=O)/C(=C/c2ccc(NC)c([N+](=O)[O-])c2)SC1=S. The molecule has 1 aliphatic heterocycles. The first kappa shape index (κ1) is 16.2. The molecule has 1 amide bonds. The van der Waals surface area contributed by atoms with Crippen molar-refractivity contribution in [2.75, 3.05) is 18.9 Å². The smallest absolute Gasteiger partial charge is 0.292 e. The van der Waals surface area contributed by atoms with Crippen molar-refractivity contribution in [3.05, 3.63) is 51.4 Å². The van der Waals surface area contributed by atoms with Gasteiger partial charge >= 0.3 is 0 Å². The van der Waals surface area contributed by atoms with Crippen LogP contribution in [0.4, 0.5) is 11.4 Å². The number of carbonyl (C=O) groups excluding carboxylic acids is 1. The number of nitrogens with zero attached hydrogens (tertiary/aromatic N) is 2. The third kappa shape index (κ3) is 3.18. The van der Waals surface area contributed by atoms with Gasteiger partial charge in [0.2, 0.25) is 0 Å². The van der Waals surface area contributed by atoms with Gasteiger partial charge in [0.15, 0.2) is 0 Å². The van der Waals surface area contributed by atoms with Crippen molar-refractivity contribution in [3.63, 3.8) is 0 Å². The molecule has 1 aromatic rings. The quantitative estimate of drug-likeness (QED) is 0.293. The summed E-state index contributed by atoms with van der Waals surface area (Å²) in [5.41, 5.74) is 0.948. The van der Waals surface area contributed by atoms with Crippen molar-refractivity contribution in [2.24, 2.45) is 0 Å². The van der Waals surface area contributed by atoms with Crippen LogP contribution in [0.5, 0.6) is 0 Å². The lowest BCUT2D eigenvalue weighted by atomic mass is 10.1. The number of rotatable bonds is 5. The summed E-state index contributed by atoms with van der Waals surface area (Å²) >= 11 is 6.32. The van der Waals surface area contributed by atoms with Gasteiger partial charge in [-0.1, -0.05) is 36.1 Å². The summed E-state index contributed by atoms with van der Waals surface area (Å²) in [6.07, 6.45) is 3.20. The summed E-state index contributed by atoms with van der Waals surface area (Å²) < 4.78 is 0.456. The fourth-order valence-corrected chi connectivity index (χ4v) is 3.21. The molecule has 6 nitrogen and oxygen atoms in total. The summed E-state index contributed by atoms with van der Waals surface area (Å²) in [5, 5.41) is 13.8. The summed E-state index contributed by atoms with van der Waals surface area (Å²) in [5.74, 6) is -0.213. The first-order valence-corrected chi connectivity index (χ1v) is 7.53. The van der Waals surface area contributed by atoms with Crippen molar-refractivity contribution >= 4 is 51.7 Å². The van der Waals surface area contributed by atoms with Crippen molar-refractivity contribution in [1.29, 1.82) is 0 Å². The van der Waals surface area contributed by atoms with Gasteiger partial charge in [0.25, 0.3) is 11.6 Å². The maximum Gasteiger partial charge on any atom is 0.292 e. The van der Waals surface area contributed by atoms with Crippen LogP contribution < -0.4 is 5.32 Å². The van der Waals surface area contributed by atoms with Crippen LogP contribution in [0.25, 0.3) is 6.08 Å². The number of thiocarbonyl (C=S) groups is 1. The number of carbonyl (C=O) groups is 1. The number of amides is 1. The van der Waals surface area contributed by atoms with Gasteiger partial charge in [-0.2, -0.15) is 0 Å². The fraction of sp³-hybridized carbons (Fsp3) is 0.143. The maximum absolute atomic E-state index is 12.2. The minimum Gasteiger partial charge on any atom is -0.383 e. The number of anilines is 1. The third-order valence-electron chi connectivity index (χ3n) is 2.97. The zero-order valence-electron chi connectivity index (χ0n) is 11.7. The first-order valence-electron chi connectivity index (χ1n) is 6.30. The van der Waals surface area contributed by atoms with Crippen LogP contribution in [0, 0.1) is 10.1 Å². The molecule has 0 bridgehead atoms. The monoisotopic (exact) mass is 335 g/mol. The third-order valence-corrected chi connectivity index (χ3v) is 4.35. The van der Waals surface area contributed by atoms with Crippen LogP contribution in [-0.2, 0) is 4.79 Å². The van der Waals surface area contributed by atoms with Crippen molar-refractivity contribution in [2.45, 2.75) is 0 Å². The Bertz CT molecular complexity index is 701. The molecule has 0 radical (unpaired) electrons. The molecule has 1 aromatic carbocycles. The predicted octanol–water partition coefficient (Wildman–Crippen LogP) is 3.02. The summed E-state index contributed by atoms with van der Waals surface area (Å²) in [6.45, 7) is 3.94. The number of nitrogens with one attached hydrogen (secondary N) is 1. The summed E-state index contributed by atoms with van der Waals surface area (Å²) in [7, 11) is 1.61. The van der Waals surface area contributed by atoms with Crippen molar-refractivity contribution in [1.82, 2.24) is 4.90 Å². The predicted molar refractivity (Wildman–Crippen MR) is 92.7 cm³/mol. The van der Waals surface area contributed by atoms with Crippen LogP contribution in [0.15, 0.2) is 35.8 Å². The Morgan fingerprint density at radius 3 is 2.86 bits per heavy atom. The molecule has 114 valence electrons. The second kappa shape index (κ2) is 6.71. The van der Waals surface area contributed by atoms with Crippen LogP contribution in [0.2, 0.25) is 0 Å². The molecule has 0 aromatic heterocycles. The Morgan fingerprint density at radius 2 is 2.27 bits per heavy atom. The topological polar surface area (TPSA) is 75.5 Å². The highest BCUT2D eigenvalue weighted by Crippen LogP contribution is 2.33. The Hall–Kier alpha value is -2.19. The van der Waals surface area contributed by atoms with E-state index in [0.29, 0.717) is 27.0 Å². The zero-order valence-corrected chi connectivity index (χ0v) is 13.4. The van der Waals surface area contributed by atoms with E-state index in [1.807, 2.05) is 0 Å². The van der Waals surface area contributed by atoms with E-state index in [1.54, 1.807) is 31.3 Å². The number of nitro benzene ring substituents is 1. The minimum atomic E-state index is -0.466. The van der Waals surface area contributed by atoms with Gasteiger partial charge in [-0.3, -0.25) is 19.8 Å². The van der Waals surface area contributed by atoms with Gasteiger partial charge in [-0.25, -0.2) is 0 Å². The molecule has 0 aliphatic carbocycles. The van der Waals surface area contributed by atoms with Gasteiger partial charge in [-0.15, -0.1) is 6.58 Å². The largest absolute Gasteiger partial charge is 0.383 e. The lowest BCUT2D eigenvalue weighted by Gasteiger charge is -2.10. The number of thioether (sulfide) groups is 1. The second-order valence-electron chi connectivity index (χ2n) is 4.36. The van der Waals surface area contributed by atoms with E-state index in [4.69, 9.17) is 12.2 Å². The molecule has 8 heteroatoms. The highest BCUT2D eigenvalue weighted by Gasteiger charge is 2.31. The Labute approximate surface area is 137 Å². The second-order valence-corrected chi connectivity index (χ2v) is 6.04. The molecule has 0 spiro atoms. The number of hydrogen-bond acceptors (Lipinski definition) is 6. The molecule has 0 unspecified atom stereocenters. The van der Waals surface area contributed by atoms with E-state index < -0.39 is 4.92 Å². The summed E-state index contributed by atoms with van der Waals surface area (Å²) in [4.78, 5) is 24.7. The summed E-state index contributed by atoms with van der Waals surface area (Å²) in [6, 6.07) is 4.74. The molecule has 1 saturated heterocycles. The Balaban J connectivity index is 2.36. The minimum absolute atomic E-state index is 0.0437. The number of nitro groups is 1. The van der Waals surface area contributed by atoms with Gasteiger partial charge in [-0.05, 0) is 17.7 Å². The Kier molecular flexibility index (Phi) is 4.94. The molecule has 2 rings (SSSR count). The van der Waals surface area contributed by atoms with E-state index in [-0.39, 0.29) is 11.6 Å². The molecule has 1 aliphatic rings. The van der Waals surface area contributed by atoms with Crippen LogP contribution in [0.1, 0.15) is 5.56 Å². The van der Waals surface area contributed by atoms with Crippen molar-refractivity contribution in [3.8, 4) is 0 Å². The average Bonchev–Trinajstić information content (AvgIpc) is 2.75. The lowest BCUT2D eigenvalue weighted by Crippen LogP contribution is -2.27. The van der Waals surface area contributed by atoms with Crippen LogP contribution in [0.3, 0.4) is 0 Å². The highest BCUT2D eigenvalue weighted by atomic mass is 32.2. The first-order chi connectivity index (χ1) is 10.5. The number of hydrogen-bond donors (Lipinski definition) is 1. The molecular formula is C14H13N3O3S2. The normalized spacial score (nSPS) is 16.2.